The lowest BCUT2D eigenvalue weighted by Gasteiger charge is -2.39. The molecule has 1 saturated carbocycles. The maximum absolute atomic E-state index is 12.8. The molecule has 2 N–H and O–H groups in total. The Morgan fingerprint density at radius 3 is 2.68 bits per heavy atom. The van der Waals surface area contributed by atoms with Crippen molar-refractivity contribution in [2.45, 2.75) is 45.1 Å². The van der Waals surface area contributed by atoms with E-state index >= 15 is 0 Å². The summed E-state index contributed by atoms with van der Waals surface area (Å²) in [5, 5.41) is 2.06. The number of rotatable bonds is 4. The van der Waals surface area contributed by atoms with Crippen molar-refractivity contribution >= 4 is 17.2 Å². The molecule has 1 atom stereocenters. The molecule has 1 aromatic heterocycles. The molecule has 0 aliphatic heterocycles. The van der Waals surface area contributed by atoms with Crippen LogP contribution in [0, 0.1) is 5.41 Å². The molecule has 1 aliphatic rings. The van der Waals surface area contributed by atoms with Crippen LogP contribution >= 0.6 is 11.3 Å². The summed E-state index contributed by atoms with van der Waals surface area (Å²) in [6.45, 7) is 2.57. The number of thiophene rings is 1. The van der Waals surface area contributed by atoms with Gasteiger partial charge >= 0.3 is 0 Å². The highest BCUT2D eigenvalue weighted by atomic mass is 32.1. The molecule has 1 fully saturated rings. The lowest BCUT2D eigenvalue weighted by Crippen LogP contribution is -2.48. The van der Waals surface area contributed by atoms with Crippen molar-refractivity contribution in [3.05, 3.63) is 22.4 Å². The maximum atomic E-state index is 12.8. The summed E-state index contributed by atoms with van der Waals surface area (Å²) >= 11 is 1.70. The summed E-state index contributed by atoms with van der Waals surface area (Å²) in [6, 6.07) is 4.27. The second-order valence-corrected chi connectivity index (χ2v) is 6.63. The minimum absolute atomic E-state index is 0.137. The number of carbonyl (C=O) groups is 1. The average molecular weight is 280 g/mol. The first kappa shape index (κ1) is 14.5. The van der Waals surface area contributed by atoms with Crippen molar-refractivity contribution in [1.82, 2.24) is 4.90 Å². The van der Waals surface area contributed by atoms with E-state index in [0.717, 1.165) is 25.7 Å². The van der Waals surface area contributed by atoms with Crippen LogP contribution in [0.4, 0.5) is 0 Å². The summed E-state index contributed by atoms with van der Waals surface area (Å²) in [5.74, 6) is 0.232. The number of nitrogens with two attached hydrogens (primary N) is 1. The van der Waals surface area contributed by atoms with E-state index in [1.54, 1.807) is 11.3 Å². The summed E-state index contributed by atoms with van der Waals surface area (Å²) < 4.78 is 0. The Kier molecular flexibility index (Phi) is 4.63. The van der Waals surface area contributed by atoms with Crippen molar-refractivity contribution in [2.24, 2.45) is 11.1 Å². The van der Waals surface area contributed by atoms with Crippen LogP contribution in [0.1, 0.15) is 49.9 Å². The first-order valence-electron chi connectivity index (χ1n) is 7.11. The van der Waals surface area contributed by atoms with Crippen LogP contribution in [0.15, 0.2) is 17.5 Å². The topological polar surface area (TPSA) is 46.3 Å². The first-order chi connectivity index (χ1) is 9.10. The molecule has 19 heavy (non-hydrogen) atoms. The Morgan fingerprint density at radius 2 is 2.16 bits per heavy atom. The molecule has 106 valence electrons. The van der Waals surface area contributed by atoms with Crippen LogP contribution in [0.25, 0.3) is 0 Å². The molecule has 0 spiro atoms. The van der Waals surface area contributed by atoms with Gasteiger partial charge in [0.1, 0.15) is 0 Å². The van der Waals surface area contributed by atoms with Gasteiger partial charge < -0.3 is 10.6 Å². The summed E-state index contributed by atoms with van der Waals surface area (Å²) in [5.41, 5.74) is 5.64. The molecule has 1 aliphatic carbocycles. The van der Waals surface area contributed by atoms with E-state index in [9.17, 15) is 4.79 Å². The molecule has 1 heterocycles. The van der Waals surface area contributed by atoms with Crippen molar-refractivity contribution in [1.29, 1.82) is 0 Å². The molecule has 0 aromatic carbocycles. The van der Waals surface area contributed by atoms with Crippen LogP contribution in [0.3, 0.4) is 0 Å². The number of nitrogens with zero attached hydrogens (tertiary/aromatic N) is 1. The largest absolute Gasteiger partial charge is 0.338 e. The predicted octanol–water partition coefficient (Wildman–Crippen LogP) is 3.18. The molecule has 0 radical (unpaired) electrons. The second-order valence-electron chi connectivity index (χ2n) is 5.65. The first-order valence-corrected chi connectivity index (χ1v) is 7.99. The molecule has 1 aromatic rings. The lowest BCUT2D eigenvalue weighted by atomic mass is 9.73. The third kappa shape index (κ3) is 2.84. The fourth-order valence-electron chi connectivity index (χ4n) is 3.00. The van der Waals surface area contributed by atoms with Crippen molar-refractivity contribution < 1.29 is 4.79 Å². The van der Waals surface area contributed by atoms with Crippen LogP contribution in [-0.4, -0.2) is 24.4 Å². The average Bonchev–Trinajstić information content (AvgIpc) is 2.99. The number of amides is 1. The molecule has 3 nitrogen and oxygen atoms in total. The van der Waals surface area contributed by atoms with Crippen molar-refractivity contribution in [3.8, 4) is 0 Å². The maximum Gasteiger partial charge on any atom is 0.230 e. The van der Waals surface area contributed by atoms with Gasteiger partial charge in [-0.25, -0.2) is 0 Å². The van der Waals surface area contributed by atoms with Crippen LogP contribution in [0.5, 0.6) is 0 Å². The zero-order chi connectivity index (χ0) is 13.9. The highest BCUT2D eigenvalue weighted by molar-refractivity contribution is 7.10. The van der Waals surface area contributed by atoms with E-state index in [0.29, 0.717) is 6.54 Å². The van der Waals surface area contributed by atoms with Gasteiger partial charge in [0.05, 0.1) is 11.5 Å². The standard InChI is InChI=1S/C15H24N2OS/c1-12(13-7-6-10-19-13)17(2)14(18)15(11-16)8-4-3-5-9-15/h6-7,10,12H,3-5,8-9,11,16H2,1-2H3. The van der Waals surface area contributed by atoms with Gasteiger partial charge in [0.2, 0.25) is 5.91 Å². The Balaban J connectivity index is 2.13. The normalized spacial score (nSPS) is 19.9. The molecule has 0 bridgehead atoms. The van der Waals surface area contributed by atoms with E-state index in [1.807, 2.05) is 18.0 Å². The molecular weight excluding hydrogens is 256 g/mol. The fourth-order valence-corrected chi connectivity index (χ4v) is 3.83. The van der Waals surface area contributed by atoms with E-state index < -0.39 is 0 Å². The Labute approximate surface area is 119 Å². The molecule has 0 saturated heterocycles. The van der Waals surface area contributed by atoms with Gasteiger partial charge in [-0.3, -0.25) is 4.79 Å². The van der Waals surface area contributed by atoms with Gasteiger partial charge in [0.15, 0.2) is 0 Å². The third-order valence-electron chi connectivity index (χ3n) is 4.51. The van der Waals surface area contributed by atoms with E-state index in [1.165, 1.54) is 11.3 Å². The minimum Gasteiger partial charge on any atom is -0.338 e. The van der Waals surface area contributed by atoms with Gasteiger partial charge in [-0.15, -0.1) is 11.3 Å². The monoisotopic (exact) mass is 280 g/mol. The van der Waals surface area contributed by atoms with Gasteiger partial charge in [-0.2, -0.15) is 0 Å². The SMILES string of the molecule is CC(c1cccs1)N(C)C(=O)C1(CN)CCCCC1. The predicted molar refractivity (Wildman–Crippen MR) is 80.1 cm³/mol. The lowest BCUT2D eigenvalue weighted by molar-refractivity contribution is -0.144. The number of carbonyl (C=O) groups excluding carboxylic acids is 1. The van der Waals surface area contributed by atoms with Gasteiger partial charge in [-0.1, -0.05) is 25.3 Å². The van der Waals surface area contributed by atoms with Gasteiger partial charge in [0, 0.05) is 18.5 Å². The Hall–Kier alpha value is -0.870. The molecule has 4 heteroatoms. The molecular formula is C15H24N2OS. The summed E-state index contributed by atoms with van der Waals surface area (Å²) in [6.07, 6.45) is 5.39. The van der Waals surface area contributed by atoms with E-state index in [2.05, 4.69) is 18.4 Å². The highest BCUT2D eigenvalue weighted by Crippen LogP contribution is 2.38. The fraction of sp³-hybridized carbons (Fsp3) is 0.667. The Bertz CT molecular complexity index is 410. The zero-order valence-electron chi connectivity index (χ0n) is 11.9. The van der Waals surface area contributed by atoms with Crippen LogP contribution < -0.4 is 5.73 Å². The molecule has 1 amide bonds. The third-order valence-corrected chi connectivity index (χ3v) is 5.55. The minimum atomic E-state index is -0.307. The molecule has 1 unspecified atom stereocenters. The quantitative estimate of drug-likeness (QED) is 0.920. The smallest absolute Gasteiger partial charge is 0.230 e. The zero-order valence-corrected chi connectivity index (χ0v) is 12.7. The van der Waals surface area contributed by atoms with Crippen LogP contribution in [0.2, 0.25) is 0 Å². The summed E-state index contributed by atoms with van der Waals surface area (Å²) in [4.78, 5) is 16.0. The van der Waals surface area contributed by atoms with Crippen molar-refractivity contribution in [2.75, 3.05) is 13.6 Å². The second kappa shape index (κ2) is 6.06. The molecule has 2 rings (SSSR count). The number of hydrogen-bond acceptors (Lipinski definition) is 3. The van der Waals surface area contributed by atoms with E-state index in [4.69, 9.17) is 5.73 Å². The van der Waals surface area contributed by atoms with Crippen molar-refractivity contribution in [3.63, 3.8) is 0 Å². The summed E-state index contributed by atoms with van der Waals surface area (Å²) in [7, 11) is 1.92. The van der Waals surface area contributed by atoms with Gasteiger partial charge in [0.25, 0.3) is 0 Å². The Morgan fingerprint density at radius 1 is 1.47 bits per heavy atom. The van der Waals surface area contributed by atoms with Crippen LogP contribution in [-0.2, 0) is 4.79 Å². The highest BCUT2D eigenvalue weighted by Gasteiger charge is 2.41. The van der Waals surface area contributed by atoms with Gasteiger partial charge in [-0.05, 0) is 31.2 Å². The number of hydrogen-bond donors (Lipinski definition) is 1. The van der Waals surface area contributed by atoms with E-state index in [-0.39, 0.29) is 17.4 Å².